The van der Waals surface area contributed by atoms with Crippen LogP contribution in [0.1, 0.15) is 54.9 Å². The Morgan fingerprint density at radius 2 is 1.68 bits per heavy atom. The molecule has 1 unspecified atom stereocenters. The number of carbonyl (C=O) groups is 1. The number of ketones is 1. The zero-order valence-corrected chi connectivity index (χ0v) is 22.5. The van der Waals surface area contributed by atoms with Crippen LogP contribution >= 0.6 is 0 Å². The van der Waals surface area contributed by atoms with E-state index in [9.17, 15) is 35.2 Å². The maximum absolute atomic E-state index is 14.9. The number of aromatic nitrogens is 1. The first-order valence-corrected chi connectivity index (χ1v) is 14.6. The molecule has 0 saturated heterocycles. The zero-order valence-electron chi connectivity index (χ0n) is 21.7. The number of halogens is 5. The number of hydrogen-bond acceptors (Lipinski definition) is 4. The molecule has 1 heterocycles. The van der Waals surface area contributed by atoms with E-state index in [-0.39, 0.29) is 42.3 Å². The van der Waals surface area contributed by atoms with E-state index >= 15 is 0 Å². The van der Waals surface area contributed by atoms with Crippen molar-refractivity contribution in [1.29, 1.82) is 0 Å². The molecule has 1 aromatic heterocycles. The molecule has 10 heteroatoms. The summed E-state index contributed by atoms with van der Waals surface area (Å²) >= 11 is 0. The maximum atomic E-state index is 14.9. The second-order valence-corrected chi connectivity index (χ2v) is 13.1. The van der Waals surface area contributed by atoms with Gasteiger partial charge in [0.1, 0.15) is 16.3 Å². The average molecular weight is 578 g/mol. The Balaban J connectivity index is 1.58. The van der Waals surface area contributed by atoms with Crippen LogP contribution in [-0.4, -0.2) is 25.4 Å². The van der Waals surface area contributed by atoms with E-state index in [0.717, 1.165) is 29.8 Å². The van der Waals surface area contributed by atoms with E-state index in [2.05, 4.69) is 4.98 Å². The Kier molecular flexibility index (Phi) is 7.13. The van der Waals surface area contributed by atoms with E-state index in [1.54, 1.807) is 24.5 Å². The van der Waals surface area contributed by atoms with Gasteiger partial charge < -0.3 is 0 Å². The van der Waals surface area contributed by atoms with E-state index in [1.807, 2.05) is 0 Å². The van der Waals surface area contributed by atoms with Gasteiger partial charge in [-0.1, -0.05) is 18.2 Å². The number of pyridine rings is 1. The maximum Gasteiger partial charge on any atom is 0.426 e. The summed E-state index contributed by atoms with van der Waals surface area (Å²) in [6.45, 7) is 0.450. The summed E-state index contributed by atoms with van der Waals surface area (Å²) < 4.78 is 96.2. The van der Waals surface area contributed by atoms with Crippen molar-refractivity contribution < 1.29 is 35.2 Å². The third-order valence-electron chi connectivity index (χ3n) is 8.66. The van der Waals surface area contributed by atoms with Crippen LogP contribution in [0.5, 0.6) is 0 Å². The molecule has 0 spiro atoms. The summed E-state index contributed by atoms with van der Waals surface area (Å²) in [5.74, 6) is -1.44. The van der Waals surface area contributed by atoms with Crippen LogP contribution in [0.4, 0.5) is 22.0 Å². The first-order valence-electron chi connectivity index (χ1n) is 13.1. The predicted octanol–water partition coefficient (Wildman–Crippen LogP) is 6.81. The molecule has 212 valence electrons. The molecule has 0 N–H and O–H groups in total. The highest BCUT2D eigenvalue weighted by Gasteiger charge is 2.61. The van der Waals surface area contributed by atoms with Crippen molar-refractivity contribution in [1.82, 2.24) is 4.98 Å². The smallest absolute Gasteiger partial charge is 0.299 e. The number of carbonyl (C=O) groups excluding carboxylic acids is 1. The number of benzene rings is 2. The van der Waals surface area contributed by atoms with Gasteiger partial charge in [0.05, 0.1) is 4.90 Å². The highest BCUT2D eigenvalue weighted by atomic mass is 32.2. The van der Waals surface area contributed by atoms with Crippen LogP contribution in [-0.2, 0) is 37.9 Å². The molecule has 2 aliphatic rings. The number of nitrogens with zero attached hydrogens (tertiary/aromatic N) is 1. The molecule has 0 aliphatic heterocycles. The topological polar surface area (TPSA) is 64.1 Å². The summed E-state index contributed by atoms with van der Waals surface area (Å²) in [7, 11) is -4.20. The molecule has 0 bridgehead atoms. The van der Waals surface area contributed by atoms with Crippen LogP contribution in [0.2, 0.25) is 0 Å². The second-order valence-electron chi connectivity index (χ2n) is 10.9. The van der Waals surface area contributed by atoms with Gasteiger partial charge >= 0.3 is 6.18 Å². The number of Topliss-reactive ketones (excluding diaryl/α,β-unsaturated/α-hetero) is 1. The minimum Gasteiger partial charge on any atom is -0.299 e. The van der Waals surface area contributed by atoms with Gasteiger partial charge in [-0.2, -0.15) is 13.2 Å². The predicted molar refractivity (Wildman–Crippen MR) is 138 cm³/mol. The molecule has 5 rings (SSSR count). The van der Waals surface area contributed by atoms with Gasteiger partial charge in [-0.25, -0.2) is 17.2 Å². The van der Waals surface area contributed by atoms with Crippen molar-refractivity contribution in [2.75, 3.05) is 0 Å². The molecule has 4 atom stereocenters. The largest absolute Gasteiger partial charge is 0.426 e. The highest BCUT2D eigenvalue weighted by molar-refractivity contribution is 7.92. The van der Waals surface area contributed by atoms with Crippen LogP contribution in [0, 0.1) is 17.7 Å². The Hall–Kier alpha value is -3.14. The van der Waals surface area contributed by atoms with Crippen LogP contribution in [0.25, 0.3) is 0 Å². The van der Waals surface area contributed by atoms with Gasteiger partial charge in [-0.3, -0.25) is 9.78 Å². The molecule has 0 amide bonds. The van der Waals surface area contributed by atoms with Gasteiger partial charge in [0.2, 0.25) is 5.67 Å². The molecule has 3 aromatic rings. The molecule has 0 radical (unpaired) electrons. The molecule has 1 saturated carbocycles. The number of rotatable bonds is 7. The highest BCUT2D eigenvalue weighted by Crippen LogP contribution is 2.60. The van der Waals surface area contributed by atoms with Crippen molar-refractivity contribution in [3.63, 3.8) is 0 Å². The Labute approximate surface area is 229 Å². The van der Waals surface area contributed by atoms with Gasteiger partial charge in [0.15, 0.2) is 9.84 Å². The van der Waals surface area contributed by atoms with E-state index in [1.165, 1.54) is 18.2 Å². The van der Waals surface area contributed by atoms with Crippen molar-refractivity contribution in [2.45, 2.75) is 66.9 Å². The van der Waals surface area contributed by atoms with Crippen molar-refractivity contribution in [3.8, 4) is 0 Å². The summed E-state index contributed by atoms with van der Waals surface area (Å²) in [6.07, 6.45) is -0.535. The Morgan fingerprint density at radius 1 is 1.00 bits per heavy atom. The van der Waals surface area contributed by atoms with E-state index < -0.39 is 43.7 Å². The summed E-state index contributed by atoms with van der Waals surface area (Å²) in [5.41, 5.74) is -2.73. The summed E-state index contributed by atoms with van der Waals surface area (Å²) in [5, 5.41) is 0. The van der Waals surface area contributed by atoms with Gasteiger partial charge in [0.25, 0.3) is 0 Å². The fourth-order valence-corrected chi connectivity index (χ4v) is 9.09. The number of hydrogen-bond donors (Lipinski definition) is 0. The van der Waals surface area contributed by atoms with E-state index in [0.29, 0.717) is 30.9 Å². The fourth-order valence-electron chi connectivity index (χ4n) is 6.59. The van der Waals surface area contributed by atoms with Gasteiger partial charge in [0, 0.05) is 25.2 Å². The average Bonchev–Trinajstić information content (AvgIpc) is 3.28. The normalized spacial score (nSPS) is 24.1. The first kappa shape index (κ1) is 28.4. The molecule has 40 heavy (non-hydrogen) atoms. The third-order valence-corrected chi connectivity index (χ3v) is 11.2. The number of aryl methyl sites for hydroxylation is 1. The minimum absolute atomic E-state index is 0.0503. The van der Waals surface area contributed by atoms with Gasteiger partial charge in [-0.15, -0.1) is 0 Å². The molecular weight excluding hydrogens is 549 g/mol. The van der Waals surface area contributed by atoms with Crippen LogP contribution in [0.15, 0.2) is 71.9 Å². The second kappa shape index (κ2) is 10.0. The molecule has 4 nitrogen and oxygen atoms in total. The number of fused-ring (bicyclic) bond motifs is 3. The van der Waals surface area contributed by atoms with Crippen molar-refractivity contribution in [2.24, 2.45) is 11.8 Å². The molecule has 2 aliphatic carbocycles. The lowest BCUT2D eigenvalue weighted by Crippen LogP contribution is -2.45. The fraction of sp³-hybridized carbons (Fsp3) is 0.400. The lowest BCUT2D eigenvalue weighted by molar-refractivity contribution is -0.228. The molecule has 2 aromatic carbocycles. The number of sulfone groups is 1. The minimum atomic E-state index is -5.15. The monoisotopic (exact) mass is 577 g/mol. The van der Waals surface area contributed by atoms with Crippen molar-refractivity contribution >= 4 is 15.6 Å². The quantitative estimate of drug-likeness (QED) is 0.229. The van der Waals surface area contributed by atoms with E-state index in [4.69, 9.17) is 0 Å². The first-order chi connectivity index (χ1) is 18.8. The molecular formula is C30H28F5NO3S. The SMILES string of the molecule is CC(F)(c1ccc2c(c1)CC[C@@H]1[C@H](CC(=O)Cc3ccncc3)CC[C@]21S(=O)(=O)c1ccc(F)cc1)C(F)(F)F. The summed E-state index contributed by atoms with van der Waals surface area (Å²) in [4.78, 5) is 16.9. The lowest BCUT2D eigenvalue weighted by atomic mass is 9.72. The van der Waals surface area contributed by atoms with Gasteiger partial charge in [-0.05, 0) is 103 Å². The van der Waals surface area contributed by atoms with Crippen LogP contribution in [0.3, 0.4) is 0 Å². The number of alkyl halides is 4. The summed E-state index contributed by atoms with van der Waals surface area (Å²) in [6, 6.07) is 11.4. The Bertz CT molecular complexity index is 1520. The lowest BCUT2D eigenvalue weighted by Gasteiger charge is -2.43. The van der Waals surface area contributed by atoms with Crippen molar-refractivity contribution in [3.05, 3.63) is 95.1 Å². The third kappa shape index (κ3) is 4.63. The standard InChI is InChI=1S/C30H28F5NO3S/c1-28(32,30(33,34)35)22-3-9-27-20(17-22)2-8-26-21(18-24(37)16-19-11-14-36-15-12-19)10-13-29(26,27)40(38,39)25-6-4-23(31)5-7-25/h3-7,9,11-12,14-15,17,21,26H,2,8,10,13,16,18H2,1H3/t21-,26+,28?,29+/m0/s1. The Morgan fingerprint density at radius 3 is 2.33 bits per heavy atom. The molecule has 1 fully saturated rings. The van der Waals surface area contributed by atoms with Crippen LogP contribution < -0.4 is 0 Å². The zero-order chi connectivity index (χ0) is 28.9.